The zero-order valence-corrected chi connectivity index (χ0v) is 21.7. The van der Waals surface area contributed by atoms with Crippen molar-refractivity contribution in [1.82, 2.24) is 24.7 Å². The van der Waals surface area contributed by atoms with Crippen LogP contribution in [0.2, 0.25) is 0 Å². The molecule has 200 valence electrons. The van der Waals surface area contributed by atoms with Gasteiger partial charge in [-0.3, -0.25) is 18.8 Å². The molecule has 6 rings (SSSR count). The summed E-state index contributed by atoms with van der Waals surface area (Å²) in [4.78, 5) is 24.3. The molecule has 3 N–H and O–H groups in total. The maximum Gasteiger partial charge on any atom is 0.270 e. The molecule has 5 aromatic rings. The van der Waals surface area contributed by atoms with E-state index in [1.165, 1.54) is 28.7 Å². The fourth-order valence-electron chi connectivity index (χ4n) is 4.79. The van der Waals surface area contributed by atoms with Gasteiger partial charge < -0.3 is 15.4 Å². The second kappa shape index (κ2) is 8.94. The highest BCUT2D eigenvalue weighted by atomic mass is 32.2. The normalized spacial score (nSPS) is 15.4. The number of hydrogen-bond acceptors (Lipinski definition) is 9. The Bertz CT molecular complexity index is 1920. The van der Waals surface area contributed by atoms with Gasteiger partial charge in [0.15, 0.2) is 11.5 Å². The molecule has 14 heteroatoms. The number of fused-ring (bicyclic) bond motifs is 4. The number of sulfonamides is 1. The molecule has 2 aromatic carbocycles. The summed E-state index contributed by atoms with van der Waals surface area (Å²) in [6.07, 6.45) is 2.10. The lowest BCUT2D eigenvalue weighted by molar-refractivity contribution is 0.205. The third-order valence-electron chi connectivity index (χ3n) is 6.56. The summed E-state index contributed by atoms with van der Waals surface area (Å²) in [6.45, 7) is 0.302. The quantitative estimate of drug-likeness (QED) is 0.335. The first kappa shape index (κ1) is 24.6. The zero-order chi connectivity index (χ0) is 27.5. The number of halogens is 1. The third-order valence-corrected chi connectivity index (χ3v) is 7.70. The number of aromatic amines is 1. The van der Waals surface area contributed by atoms with E-state index in [4.69, 9.17) is 10.5 Å². The largest absolute Gasteiger partial charge is 0.484 e. The molecule has 3 aromatic heterocycles. The van der Waals surface area contributed by atoms with Crippen LogP contribution in [-0.4, -0.2) is 65.6 Å². The highest BCUT2D eigenvalue weighted by Gasteiger charge is 2.32. The van der Waals surface area contributed by atoms with Crippen LogP contribution in [0.4, 0.5) is 21.8 Å². The van der Waals surface area contributed by atoms with Gasteiger partial charge in [-0.25, -0.2) is 17.8 Å². The molecule has 4 heterocycles. The number of H-pyrrole nitrogens is 1. The topological polar surface area (TPSA) is 152 Å². The van der Waals surface area contributed by atoms with Crippen LogP contribution in [0.3, 0.4) is 0 Å². The fraction of sp³-hybridized carbons (Fsp3) is 0.200. The Labute approximate surface area is 221 Å². The van der Waals surface area contributed by atoms with Crippen molar-refractivity contribution in [3.63, 3.8) is 0 Å². The lowest BCUT2D eigenvalue weighted by Gasteiger charge is -2.36. The molecule has 0 spiro atoms. The molecule has 39 heavy (non-hydrogen) atoms. The Balaban J connectivity index is 1.43. The maximum absolute atomic E-state index is 14.9. The van der Waals surface area contributed by atoms with Gasteiger partial charge in [-0.15, -0.1) is 0 Å². The number of pyridine rings is 1. The number of nitrogens with two attached hydrogens (primary N) is 1. The minimum atomic E-state index is -3.55. The van der Waals surface area contributed by atoms with Gasteiger partial charge in [0, 0.05) is 13.2 Å². The molecule has 0 unspecified atom stereocenters. The molecule has 0 saturated heterocycles. The summed E-state index contributed by atoms with van der Waals surface area (Å²) in [7, 11) is -1.84. The smallest absolute Gasteiger partial charge is 0.270 e. The molecule has 0 saturated carbocycles. The van der Waals surface area contributed by atoms with E-state index in [2.05, 4.69) is 20.2 Å². The number of hydrogen-bond donors (Lipinski definition) is 2. The lowest BCUT2D eigenvalue weighted by atomic mass is 10.2. The first-order valence-electron chi connectivity index (χ1n) is 11.9. The molecule has 0 bridgehead atoms. The van der Waals surface area contributed by atoms with E-state index in [1.54, 1.807) is 42.3 Å². The number of ether oxygens (including phenoxy) is 1. The molecule has 0 aliphatic carbocycles. The van der Waals surface area contributed by atoms with Gasteiger partial charge in [-0.2, -0.15) is 10.1 Å². The van der Waals surface area contributed by atoms with Gasteiger partial charge in [-0.1, -0.05) is 24.3 Å². The Kier molecular flexibility index (Phi) is 5.64. The molecule has 0 amide bonds. The first-order valence-corrected chi connectivity index (χ1v) is 13.7. The van der Waals surface area contributed by atoms with Crippen molar-refractivity contribution in [2.75, 3.05) is 41.3 Å². The number of nitrogen functional groups attached to an aromatic ring is 1. The lowest BCUT2D eigenvalue weighted by Crippen LogP contribution is -2.47. The molecular weight excluding hydrogens is 527 g/mol. The highest BCUT2D eigenvalue weighted by Crippen LogP contribution is 2.35. The summed E-state index contributed by atoms with van der Waals surface area (Å²) in [5, 5.41) is 7.22. The molecule has 12 nitrogen and oxygen atoms in total. The van der Waals surface area contributed by atoms with Crippen LogP contribution < -0.4 is 25.2 Å². The predicted molar refractivity (Wildman–Crippen MR) is 145 cm³/mol. The standard InChI is InChI=1S/C25H23FN8O4S/c1-32(12-14-13-33(39(2,36)37)18-9-5-6-10-19(18)38-14)25-28-11-15-21-20(22(27)31-30-21)24(35)34(23(15)29-25)17-8-4-3-7-16(17)26/h3-11,14H,12-13H2,1-2H3,(H3,27,30,31)/t14-/m0/s1. The van der Waals surface area contributed by atoms with E-state index >= 15 is 0 Å². The van der Waals surface area contributed by atoms with Gasteiger partial charge in [0.05, 0.1) is 41.6 Å². The number of aromatic nitrogens is 5. The van der Waals surface area contributed by atoms with Crippen LogP contribution in [0.25, 0.3) is 27.6 Å². The van der Waals surface area contributed by atoms with E-state index < -0.39 is 27.5 Å². The van der Waals surface area contributed by atoms with Gasteiger partial charge in [-0.05, 0) is 24.3 Å². The summed E-state index contributed by atoms with van der Waals surface area (Å²) in [5.41, 5.74) is 6.32. The second-order valence-electron chi connectivity index (χ2n) is 9.24. The van der Waals surface area contributed by atoms with Crippen LogP contribution in [0.15, 0.2) is 59.5 Å². The van der Waals surface area contributed by atoms with Crippen molar-refractivity contribution < 1.29 is 17.5 Å². The predicted octanol–water partition coefficient (Wildman–Crippen LogP) is 2.04. The average molecular weight is 551 g/mol. The molecular formula is C25H23FN8O4S. The van der Waals surface area contributed by atoms with Crippen molar-refractivity contribution in [3.05, 3.63) is 70.9 Å². The van der Waals surface area contributed by atoms with Crippen molar-refractivity contribution in [2.45, 2.75) is 6.10 Å². The molecule has 1 aliphatic rings. The second-order valence-corrected chi connectivity index (χ2v) is 11.1. The van der Waals surface area contributed by atoms with Gasteiger partial charge in [0.1, 0.15) is 23.1 Å². The number of nitrogens with zero attached hydrogens (tertiary/aromatic N) is 6. The number of anilines is 3. The molecule has 0 fully saturated rings. The number of benzene rings is 2. The van der Waals surface area contributed by atoms with E-state index in [0.29, 0.717) is 22.3 Å². The Hall–Kier alpha value is -4.72. The number of para-hydroxylation sites is 3. The monoisotopic (exact) mass is 550 g/mol. The Morgan fingerprint density at radius 3 is 2.64 bits per heavy atom. The van der Waals surface area contributed by atoms with Crippen LogP contribution in [-0.2, 0) is 10.0 Å². The van der Waals surface area contributed by atoms with Crippen LogP contribution in [0.1, 0.15) is 0 Å². The van der Waals surface area contributed by atoms with Crippen molar-refractivity contribution in [2.24, 2.45) is 0 Å². The summed E-state index contributed by atoms with van der Waals surface area (Å²) in [5.74, 6) is 0.0196. The maximum atomic E-state index is 14.9. The minimum Gasteiger partial charge on any atom is -0.484 e. The van der Waals surface area contributed by atoms with Crippen LogP contribution in [0, 0.1) is 5.82 Å². The van der Waals surface area contributed by atoms with Crippen LogP contribution in [0.5, 0.6) is 5.75 Å². The van der Waals surface area contributed by atoms with E-state index in [-0.39, 0.29) is 41.6 Å². The zero-order valence-electron chi connectivity index (χ0n) is 20.9. The van der Waals surface area contributed by atoms with E-state index in [0.717, 1.165) is 10.8 Å². The number of rotatable bonds is 5. The molecule has 1 atom stereocenters. The third kappa shape index (κ3) is 4.09. The van der Waals surface area contributed by atoms with Crippen molar-refractivity contribution in [3.8, 4) is 11.4 Å². The summed E-state index contributed by atoms with van der Waals surface area (Å²) >= 11 is 0. The number of nitrogens with one attached hydrogen (secondary N) is 1. The van der Waals surface area contributed by atoms with Gasteiger partial charge in [0.25, 0.3) is 5.56 Å². The molecule has 0 radical (unpaired) electrons. The van der Waals surface area contributed by atoms with Crippen LogP contribution >= 0.6 is 0 Å². The van der Waals surface area contributed by atoms with Crippen molar-refractivity contribution >= 4 is 49.4 Å². The SMILES string of the molecule is CN(C[C@H]1CN(S(C)(=O)=O)c2ccccc2O1)c1ncc2c3[nH]nc(N)c3c(=O)n(-c3ccccc3F)c2n1. The van der Waals surface area contributed by atoms with Gasteiger partial charge in [0.2, 0.25) is 16.0 Å². The van der Waals surface area contributed by atoms with Crippen molar-refractivity contribution in [1.29, 1.82) is 0 Å². The van der Waals surface area contributed by atoms with E-state index in [1.807, 2.05) is 0 Å². The average Bonchev–Trinajstić information content (AvgIpc) is 3.30. The fourth-order valence-corrected chi connectivity index (χ4v) is 5.73. The first-order chi connectivity index (χ1) is 18.6. The highest BCUT2D eigenvalue weighted by molar-refractivity contribution is 7.92. The summed E-state index contributed by atoms with van der Waals surface area (Å²) < 4.78 is 48.4. The Morgan fingerprint density at radius 2 is 1.90 bits per heavy atom. The van der Waals surface area contributed by atoms with E-state index in [9.17, 15) is 17.6 Å². The Morgan fingerprint density at radius 1 is 1.18 bits per heavy atom. The number of likely N-dealkylation sites (N-methyl/N-ethyl adjacent to an activating group) is 1. The summed E-state index contributed by atoms with van der Waals surface area (Å²) in [6, 6.07) is 12.8. The molecule has 1 aliphatic heterocycles. The van der Waals surface area contributed by atoms with Gasteiger partial charge >= 0.3 is 0 Å². The minimum absolute atomic E-state index is 0.00156.